The summed E-state index contributed by atoms with van der Waals surface area (Å²) in [6.07, 6.45) is 8.99. The van der Waals surface area contributed by atoms with Crippen molar-refractivity contribution in [2.45, 2.75) is 57.2 Å². The first-order chi connectivity index (χ1) is 10.8. The number of hydrogen-bond acceptors (Lipinski definition) is 2. The molecule has 0 spiro atoms. The third-order valence-corrected chi connectivity index (χ3v) is 5.82. The Kier molecular flexibility index (Phi) is 4.77. The van der Waals surface area contributed by atoms with Gasteiger partial charge in [0.2, 0.25) is 0 Å². The Morgan fingerprint density at radius 2 is 1.95 bits per heavy atom. The molecule has 2 aliphatic heterocycles. The maximum atomic E-state index is 11.8. The molecule has 0 aromatic heterocycles. The van der Waals surface area contributed by atoms with Crippen molar-refractivity contribution in [2.75, 3.05) is 0 Å². The van der Waals surface area contributed by atoms with Crippen molar-refractivity contribution < 1.29 is 4.79 Å². The van der Waals surface area contributed by atoms with Crippen LogP contribution >= 0.6 is 0 Å². The smallest absolute Gasteiger partial charge is 0.124 e. The molecule has 2 bridgehead atoms. The van der Waals surface area contributed by atoms with Crippen LogP contribution in [0.2, 0.25) is 0 Å². The van der Waals surface area contributed by atoms with E-state index in [1.54, 1.807) is 0 Å². The zero-order chi connectivity index (χ0) is 15.5. The van der Waals surface area contributed by atoms with E-state index in [9.17, 15) is 4.79 Å². The second-order valence-corrected chi connectivity index (χ2v) is 6.91. The molecule has 2 fully saturated rings. The molecular weight excluding hydrogens is 270 g/mol. The quantitative estimate of drug-likeness (QED) is 0.594. The molecule has 2 aliphatic rings. The molecular formula is C20H27NO. The second kappa shape index (κ2) is 6.78. The highest BCUT2D eigenvalue weighted by Crippen LogP contribution is 2.44. The number of carbonyl (C=O) groups is 1. The molecule has 2 saturated heterocycles. The minimum atomic E-state index is 0.164. The van der Waals surface area contributed by atoms with Gasteiger partial charge in [0.25, 0.3) is 0 Å². The first-order valence-corrected chi connectivity index (χ1v) is 8.64. The van der Waals surface area contributed by atoms with Gasteiger partial charge in [-0.3, -0.25) is 4.90 Å². The topological polar surface area (TPSA) is 20.3 Å². The number of benzene rings is 1. The largest absolute Gasteiger partial charge is 0.303 e. The lowest BCUT2D eigenvalue weighted by Crippen LogP contribution is -2.42. The highest BCUT2D eigenvalue weighted by atomic mass is 16.1. The first-order valence-electron chi connectivity index (χ1n) is 8.64. The van der Waals surface area contributed by atoms with Crippen LogP contribution in [0, 0.1) is 11.8 Å². The average molecular weight is 297 g/mol. The second-order valence-electron chi connectivity index (χ2n) is 6.91. The van der Waals surface area contributed by atoms with Gasteiger partial charge < -0.3 is 4.79 Å². The molecule has 2 heterocycles. The van der Waals surface area contributed by atoms with Gasteiger partial charge in [0.1, 0.15) is 6.29 Å². The summed E-state index contributed by atoms with van der Waals surface area (Å²) in [5.74, 6) is 0.646. The summed E-state index contributed by atoms with van der Waals surface area (Å²) in [6, 6.07) is 12.2. The van der Waals surface area contributed by atoms with Gasteiger partial charge in [-0.15, -0.1) is 6.58 Å². The van der Waals surface area contributed by atoms with Crippen molar-refractivity contribution >= 4 is 6.29 Å². The van der Waals surface area contributed by atoms with Crippen molar-refractivity contribution in [3.63, 3.8) is 0 Å². The summed E-state index contributed by atoms with van der Waals surface area (Å²) in [5, 5.41) is 0. The van der Waals surface area contributed by atoms with E-state index in [4.69, 9.17) is 0 Å². The minimum absolute atomic E-state index is 0.164. The Labute approximate surface area is 134 Å². The van der Waals surface area contributed by atoms with Gasteiger partial charge in [0.05, 0.1) is 0 Å². The zero-order valence-corrected chi connectivity index (χ0v) is 13.5. The van der Waals surface area contributed by atoms with Crippen molar-refractivity contribution in [1.82, 2.24) is 4.90 Å². The summed E-state index contributed by atoms with van der Waals surface area (Å²) < 4.78 is 0. The summed E-state index contributed by atoms with van der Waals surface area (Å²) in [4.78, 5) is 14.5. The van der Waals surface area contributed by atoms with Crippen LogP contribution < -0.4 is 0 Å². The third kappa shape index (κ3) is 2.77. The van der Waals surface area contributed by atoms with Crippen LogP contribution in [0.3, 0.4) is 0 Å². The van der Waals surface area contributed by atoms with Crippen LogP contribution in [0.25, 0.3) is 0 Å². The van der Waals surface area contributed by atoms with Crippen molar-refractivity contribution in [2.24, 2.45) is 11.8 Å². The first kappa shape index (κ1) is 15.5. The van der Waals surface area contributed by atoms with Crippen LogP contribution in [-0.2, 0) is 4.79 Å². The molecule has 0 radical (unpaired) electrons. The molecule has 0 N–H and O–H groups in total. The van der Waals surface area contributed by atoms with E-state index in [0.717, 1.165) is 12.8 Å². The van der Waals surface area contributed by atoms with Crippen LogP contribution in [0.1, 0.15) is 50.6 Å². The van der Waals surface area contributed by atoms with Gasteiger partial charge in [-0.2, -0.15) is 0 Å². The number of nitrogens with zero attached hydrogens (tertiary/aromatic N) is 1. The summed E-state index contributed by atoms with van der Waals surface area (Å²) in [5.41, 5.74) is 1.37. The van der Waals surface area contributed by atoms with E-state index >= 15 is 0 Å². The fourth-order valence-corrected chi connectivity index (χ4v) is 4.73. The molecule has 0 saturated carbocycles. The lowest BCUT2D eigenvalue weighted by atomic mass is 9.80. The monoisotopic (exact) mass is 297 g/mol. The van der Waals surface area contributed by atoms with Crippen LogP contribution in [0.4, 0.5) is 0 Å². The number of rotatable bonds is 5. The van der Waals surface area contributed by atoms with Gasteiger partial charge >= 0.3 is 0 Å². The van der Waals surface area contributed by atoms with Crippen molar-refractivity contribution in [3.05, 3.63) is 48.6 Å². The molecule has 22 heavy (non-hydrogen) atoms. The van der Waals surface area contributed by atoms with E-state index in [-0.39, 0.29) is 5.92 Å². The predicted octanol–water partition coefficient (Wildman–Crippen LogP) is 4.38. The summed E-state index contributed by atoms with van der Waals surface area (Å²) in [6.45, 7) is 6.19. The molecule has 2 unspecified atom stereocenters. The normalized spacial score (nSPS) is 33.1. The van der Waals surface area contributed by atoms with Gasteiger partial charge in [-0.25, -0.2) is 0 Å². The Balaban J connectivity index is 1.88. The molecule has 0 amide bonds. The molecule has 2 heteroatoms. The average Bonchev–Trinajstić information content (AvgIpc) is 2.89. The van der Waals surface area contributed by atoms with Crippen LogP contribution in [0.5, 0.6) is 0 Å². The summed E-state index contributed by atoms with van der Waals surface area (Å²) in [7, 11) is 0. The molecule has 3 rings (SSSR count). The van der Waals surface area contributed by atoms with Crippen molar-refractivity contribution in [3.8, 4) is 0 Å². The Morgan fingerprint density at radius 1 is 1.23 bits per heavy atom. The van der Waals surface area contributed by atoms with Gasteiger partial charge in [-0.05, 0) is 50.5 Å². The fraction of sp³-hybridized carbons (Fsp3) is 0.550. The molecule has 5 atom stereocenters. The zero-order valence-electron chi connectivity index (χ0n) is 13.5. The maximum Gasteiger partial charge on any atom is 0.124 e. The van der Waals surface area contributed by atoms with E-state index in [1.807, 2.05) is 6.08 Å². The van der Waals surface area contributed by atoms with Gasteiger partial charge in [0, 0.05) is 24.0 Å². The molecule has 0 aliphatic carbocycles. The third-order valence-electron chi connectivity index (χ3n) is 5.82. The lowest BCUT2D eigenvalue weighted by molar-refractivity contribution is -0.114. The lowest BCUT2D eigenvalue weighted by Gasteiger charge is -2.37. The summed E-state index contributed by atoms with van der Waals surface area (Å²) >= 11 is 0. The SMILES string of the molecule is C=CCC1CC[C@H]2CC[C@@H](C1C=O)N2[C@H](C)c1ccccc1. The molecule has 1 aromatic carbocycles. The highest BCUT2D eigenvalue weighted by molar-refractivity contribution is 5.56. The molecule has 2 nitrogen and oxygen atoms in total. The van der Waals surface area contributed by atoms with Crippen LogP contribution in [0.15, 0.2) is 43.0 Å². The number of aldehydes is 1. The molecule has 1 aromatic rings. The fourth-order valence-electron chi connectivity index (χ4n) is 4.73. The van der Waals surface area contributed by atoms with Gasteiger partial charge in [0.15, 0.2) is 0 Å². The van der Waals surface area contributed by atoms with E-state index in [2.05, 4.69) is 48.7 Å². The number of fused-ring (bicyclic) bond motifs is 2. The van der Waals surface area contributed by atoms with E-state index < -0.39 is 0 Å². The van der Waals surface area contributed by atoms with Crippen molar-refractivity contribution in [1.29, 1.82) is 0 Å². The molecule has 118 valence electrons. The number of carbonyl (C=O) groups excluding carboxylic acids is 1. The Morgan fingerprint density at radius 3 is 2.64 bits per heavy atom. The Hall–Kier alpha value is -1.41. The van der Waals surface area contributed by atoms with E-state index in [1.165, 1.54) is 31.1 Å². The number of hydrogen-bond donors (Lipinski definition) is 0. The van der Waals surface area contributed by atoms with Gasteiger partial charge in [-0.1, -0.05) is 36.4 Å². The van der Waals surface area contributed by atoms with E-state index in [0.29, 0.717) is 24.0 Å². The predicted molar refractivity (Wildman–Crippen MR) is 90.6 cm³/mol. The Bertz CT molecular complexity index is 512. The number of allylic oxidation sites excluding steroid dienone is 1. The minimum Gasteiger partial charge on any atom is -0.303 e. The maximum absolute atomic E-state index is 11.8. The standard InChI is InChI=1S/C20H27NO/c1-3-7-17-10-11-18-12-13-20(19(17)14-22)21(18)15(2)16-8-5-4-6-9-16/h3-6,8-9,14-15,17-20H,1,7,10-13H2,2H3/t15-,17?,18+,19?,20+/m1/s1. The van der Waals surface area contributed by atoms with Crippen LogP contribution in [-0.4, -0.2) is 23.3 Å². The highest BCUT2D eigenvalue weighted by Gasteiger charge is 2.45.